The summed E-state index contributed by atoms with van der Waals surface area (Å²) in [6.07, 6.45) is -3.03. The van der Waals surface area contributed by atoms with Gasteiger partial charge in [-0.2, -0.15) is 18.2 Å². The number of nitrogens with two attached hydrogens (primary N) is 1. The molecule has 0 spiro atoms. The van der Waals surface area contributed by atoms with Crippen LogP contribution in [0.2, 0.25) is 0 Å². The van der Waals surface area contributed by atoms with Gasteiger partial charge in [0.2, 0.25) is 5.95 Å². The minimum absolute atomic E-state index is 0.0144. The van der Waals surface area contributed by atoms with Gasteiger partial charge in [-0.25, -0.2) is 0 Å². The molecule has 0 radical (unpaired) electrons. The van der Waals surface area contributed by atoms with Crippen molar-refractivity contribution in [3.05, 3.63) is 46.2 Å². The van der Waals surface area contributed by atoms with E-state index < -0.39 is 12.2 Å². The Kier molecular flexibility index (Phi) is 5.27. The highest BCUT2D eigenvalue weighted by Crippen LogP contribution is 2.47. The molecule has 2 fully saturated rings. The number of halogens is 3. The van der Waals surface area contributed by atoms with Crippen LogP contribution < -0.4 is 21.5 Å². The molecular weight excluding hydrogens is 423 g/mol. The Morgan fingerprint density at radius 3 is 2.69 bits per heavy atom. The van der Waals surface area contributed by atoms with Crippen LogP contribution in [0, 0.1) is 11.8 Å². The van der Waals surface area contributed by atoms with Crippen molar-refractivity contribution in [2.45, 2.75) is 44.1 Å². The van der Waals surface area contributed by atoms with E-state index in [2.05, 4.69) is 10.3 Å². The van der Waals surface area contributed by atoms with Gasteiger partial charge < -0.3 is 20.7 Å². The summed E-state index contributed by atoms with van der Waals surface area (Å²) in [5.74, 6) is 1.50. The molecule has 10 heteroatoms. The van der Waals surface area contributed by atoms with Gasteiger partial charge in [-0.3, -0.25) is 9.36 Å². The number of benzene rings is 1. The van der Waals surface area contributed by atoms with Gasteiger partial charge in [0.15, 0.2) is 0 Å². The number of alkyl halides is 3. The summed E-state index contributed by atoms with van der Waals surface area (Å²) in [4.78, 5) is 18.4. The molecule has 32 heavy (non-hydrogen) atoms. The summed E-state index contributed by atoms with van der Waals surface area (Å²) in [6.45, 7) is 1.31. The van der Waals surface area contributed by atoms with E-state index in [-0.39, 0.29) is 42.9 Å². The van der Waals surface area contributed by atoms with E-state index >= 15 is 0 Å². The van der Waals surface area contributed by atoms with E-state index in [9.17, 15) is 18.0 Å². The number of nitrogens with one attached hydrogen (secondary N) is 1. The molecule has 3 heterocycles. The quantitative estimate of drug-likeness (QED) is 0.660. The Hall–Kier alpha value is -2.75. The zero-order valence-corrected chi connectivity index (χ0v) is 17.5. The van der Waals surface area contributed by atoms with Crippen LogP contribution in [-0.2, 0) is 17.7 Å². The van der Waals surface area contributed by atoms with Crippen molar-refractivity contribution in [2.75, 3.05) is 35.6 Å². The second-order valence-electron chi connectivity index (χ2n) is 8.87. The fourth-order valence-corrected chi connectivity index (χ4v) is 4.79. The third-order valence-corrected chi connectivity index (χ3v) is 6.71. The van der Waals surface area contributed by atoms with Gasteiger partial charge in [0.05, 0.1) is 12.7 Å². The van der Waals surface area contributed by atoms with Crippen molar-refractivity contribution in [2.24, 2.45) is 11.8 Å². The van der Waals surface area contributed by atoms with Gasteiger partial charge in [0.1, 0.15) is 11.9 Å². The average Bonchev–Trinajstić information content (AvgIpc) is 3.42. The molecule has 3 N–H and O–H groups in total. The summed E-state index contributed by atoms with van der Waals surface area (Å²) < 4.78 is 48.6. The third kappa shape index (κ3) is 4.15. The van der Waals surface area contributed by atoms with E-state index in [1.54, 1.807) is 24.3 Å². The second-order valence-corrected chi connectivity index (χ2v) is 8.87. The average molecular weight is 449 g/mol. The number of rotatable bonds is 6. The van der Waals surface area contributed by atoms with Gasteiger partial charge in [-0.15, -0.1) is 0 Å². The summed E-state index contributed by atoms with van der Waals surface area (Å²) in [5, 5.41) is 3.12. The normalized spacial score (nSPS) is 26.5. The molecule has 1 unspecified atom stereocenters. The fourth-order valence-electron chi connectivity index (χ4n) is 4.79. The van der Waals surface area contributed by atoms with Crippen molar-refractivity contribution in [1.29, 1.82) is 0 Å². The zero-order valence-electron chi connectivity index (χ0n) is 17.5. The fraction of sp³-hybridized carbons (Fsp3) is 0.545. The maximum Gasteiger partial charge on any atom is 0.408 e. The van der Waals surface area contributed by atoms with Crippen molar-refractivity contribution in [3.8, 4) is 0 Å². The molecule has 7 nitrogen and oxygen atoms in total. The number of hydrogen-bond donors (Lipinski definition) is 2. The first-order valence-electron chi connectivity index (χ1n) is 10.9. The lowest BCUT2D eigenvalue weighted by molar-refractivity contribution is -0.152. The van der Waals surface area contributed by atoms with Crippen molar-refractivity contribution >= 4 is 17.5 Å². The van der Waals surface area contributed by atoms with E-state index in [1.807, 2.05) is 0 Å². The van der Waals surface area contributed by atoms with Crippen LogP contribution in [-0.4, -0.2) is 47.6 Å². The smallest absolute Gasteiger partial charge is 0.399 e. The summed E-state index contributed by atoms with van der Waals surface area (Å²) in [7, 11) is 0. The lowest BCUT2D eigenvalue weighted by Gasteiger charge is -2.39. The second kappa shape index (κ2) is 7.99. The molecule has 172 valence electrons. The number of nitrogens with zero attached hydrogens (tertiary/aromatic N) is 3. The highest BCUT2D eigenvalue weighted by Gasteiger charge is 2.49. The largest absolute Gasteiger partial charge is 0.408 e. The highest BCUT2D eigenvalue weighted by atomic mass is 19.4. The number of anilines is 3. The molecule has 1 aromatic carbocycles. The van der Waals surface area contributed by atoms with Gasteiger partial charge >= 0.3 is 6.18 Å². The number of fused-ring (bicyclic) bond motifs is 2. The minimum Gasteiger partial charge on any atom is -0.399 e. The first-order chi connectivity index (χ1) is 15.3. The van der Waals surface area contributed by atoms with Crippen LogP contribution in [0.4, 0.5) is 30.6 Å². The molecule has 1 saturated heterocycles. The molecule has 1 aliphatic carbocycles. The van der Waals surface area contributed by atoms with Gasteiger partial charge in [-0.05, 0) is 48.8 Å². The van der Waals surface area contributed by atoms with Crippen molar-refractivity contribution in [3.63, 3.8) is 0 Å². The lowest BCUT2D eigenvalue weighted by atomic mass is 10.1. The standard InChI is InChI=1S/C22H26F3N5O2/c23-22(24,25)18-6-8-30-20(31)10-19(27-11-17-16-9-14(16)12-32-17)28-21(30)29(18)7-5-13-1-3-15(26)4-2-13/h1-4,10,14,16-18,27H,5-9,11-12,26H2/t14-,16?,17+,18-/m0/s1. The van der Waals surface area contributed by atoms with E-state index in [1.165, 1.54) is 15.5 Å². The van der Waals surface area contributed by atoms with Crippen LogP contribution in [0.5, 0.6) is 0 Å². The number of hydrogen-bond acceptors (Lipinski definition) is 6. The van der Waals surface area contributed by atoms with Crippen LogP contribution in [0.1, 0.15) is 18.4 Å². The molecule has 5 rings (SSSR count). The molecule has 0 bridgehead atoms. The lowest BCUT2D eigenvalue weighted by Crippen LogP contribution is -2.53. The topological polar surface area (TPSA) is 85.4 Å². The molecule has 0 amide bonds. The molecular formula is C22H26F3N5O2. The Morgan fingerprint density at radius 1 is 1.25 bits per heavy atom. The monoisotopic (exact) mass is 449 g/mol. The van der Waals surface area contributed by atoms with Gasteiger partial charge in [0, 0.05) is 31.4 Å². The van der Waals surface area contributed by atoms with E-state index in [4.69, 9.17) is 10.5 Å². The number of aromatic nitrogens is 2. The summed E-state index contributed by atoms with van der Waals surface area (Å²) in [5.41, 5.74) is 6.81. The van der Waals surface area contributed by atoms with Crippen LogP contribution >= 0.6 is 0 Å². The Bertz CT molecular complexity index is 1040. The zero-order chi connectivity index (χ0) is 22.5. The Labute approximate surface area is 183 Å². The van der Waals surface area contributed by atoms with Gasteiger partial charge in [0.25, 0.3) is 5.56 Å². The van der Waals surface area contributed by atoms with E-state index in [0.717, 1.165) is 18.6 Å². The summed E-state index contributed by atoms with van der Waals surface area (Å²) in [6, 6.07) is 6.71. The molecule has 1 aromatic heterocycles. The predicted molar refractivity (Wildman–Crippen MR) is 115 cm³/mol. The van der Waals surface area contributed by atoms with Crippen LogP contribution in [0.15, 0.2) is 35.1 Å². The maximum atomic E-state index is 13.9. The molecule has 2 aromatic rings. The molecule has 2 aliphatic heterocycles. The molecule has 1 saturated carbocycles. The molecule has 3 aliphatic rings. The minimum atomic E-state index is -4.42. The first kappa shape index (κ1) is 21.1. The van der Waals surface area contributed by atoms with Crippen molar-refractivity contribution < 1.29 is 17.9 Å². The van der Waals surface area contributed by atoms with Crippen molar-refractivity contribution in [1.82, 2.24) is 9.55 Å². The predicted octanol–water partition coefficient (Wildman–Crippen LogP) is 2.66. The third-order valence-electron chi connectivity index (χ3n) is 6.71. The highest BCUT2D eigenvalue weighted by molar-refractivity contribution is 5.45. The Balaban J connectivity index is 1.39. The van der Waals surface area contributed by atoms with Crippen LogP contribution in [0.3, 0.4) is 0 Å². The first-order valence-corrected chi connectivity index (χ1v) is 10.9. The number of nitrogen functional groups attached to an aromatic ring is 1. The molecule has 4 atom stereocenters. The Morgan fingerprint density at radius 2 is 2.03 bits per heavy atom. The number of ether oxygens (including phenoxy) is 1. The van der Waals surface area contributed by atoms with Gasteiger partial charge in [-0.1, -0.05) is 12.1 Å². The maximum absolute atomic E-state index is 13.9. The van der Waals surface area contributed by atoms with E-state index in [0.29, 0.717) is 30.5 Å². The summed E-state index contributed by atoms with van der Waals surface area (Å²) >= 11 is 0. The van der Waals surface area contributed by atoms with Crippen LogP contribution in [0.25, 0.3) is 0 Å². The SMILES string of the molecule is Nc1ccc(CCN2c3nc(NC[C@H]4OC[C@@H]5CC54)cc(=O)n3CC[C@H]2C(F)(F)F)cc1.